The van der Waals surface area contributed by atoms with Crippen LogP contribution in [-0.4, -0.2) is 25.3 Å². The first-order chi connectivity index (χ1) is 11.4. The molecule has 0 atom stereocenters. The molecule has 0 aliphatic heterocycles. The first-order valence-corrected chi connectivity index (χ1v) is 8.62. The van der Waals surface area contributed by atoms with Crippen molar-refractivity contribution in [1.29, 1.82) is 0 Å². The van der Waals surface area contributed by atoms with Gasteiger partial charge in [0.2, 0.25) is 0 Å². The van der Waals surface area contributed by atoms with Gasteiger partial charge >= 0.3 is 12.1 Å². The number of benzene rings is 1. The Morgan fingerprint density at radius 2 is 1.44 bits per heavy atom. The fourth-order valence-electron chi connectivity index (χ4n) is 2.32. The highest BCUT2D eigenvalue weighted by Gasteiger charge is 2.30. The summed E-state index contributed by atoms with van der Waals surface area (Å²) in [7, 11) is 0. The topological polar surface area (TPSA) is 61.8 Å². The van der Waals surface area contributed by atoms with Crippen molar-refractivity contribution in [2.75, 3.05) is 13.2 Å². The lowest BCUT2D eigenvalue weighted by molar-refractivity contribution is 0.0520. The van der Waals surface area contributed by atoms with Gasteiger partial charge in [-0.05, 0) is 36.3 Å². The molecule has 0 saturated carbocycles. The van der Waals surface area contributed by atoms with Gasteiger partial charge < -0.3 is 14.2 Å². The largest absolute Gasteiger partial charge is 0.513 e. The Labute approximate surface area is 150 Å². The highest BCUT2D eigenvalue weighted by molar-refractivity contribution is 5.94. The predicted molar refractivity (Wildman–Crippen MR) is 97.4 cm³/mol. The second-order valence-electron chi connectivity index (χ2n) is 7.91. The van der Waals surface area contributed by atoms with E-state index < -0.39 is 12.1 Å². The summed E-state index contributed by atoms with van der Waals surface area (Å²) in [6.45, 7) is 16.1. The summed E-state index contributed by atoms with van der Waals surface area (Å²) in [4.78, 5) is 24.4. The third-order valence-corrected chi connectivity index (χ3v) is 3.71. The van der Waals surface area contributed by atoms with E-state index in [2.05, 4.69) is 20.8 Å². The van der Waals surface area contributed by atoms with E-state index in [1.807, 2.05) is 26.8 Å². The zero-order valence-electron chi connectivity index (χ0n) is 16.6. The maximum absolute atomic E-state index is 12.5. The van der Waals surface area contributed by atoms with Gasteiger partial charge in [0.15, 0.2) is 5.75 Å². The fraction of sp³-hybridized carbons (Fsp3) is 0.600. The monoisotopic (exact) mass is 350 g/mol. The summed E-state index contributed by atoms with van der Waals surface area (Å²) in [5.74, 6) is -0.309. The van der Waals surface area contributed by atoms with E-state index in [1.54, 1.807) is 19.9 Å². The number of esters is 1. The minimum absolute atomic E-state index is 0.177. The van der Waals surface area contributed by atoms with Gasteiger partial charge in [0.25, 0.3) is 0 Å². The van der Waals surface area contributed by atoms with Gasteiger partial charge in [0.05, 0.1) is 13.2 Å². The lowest BCUT2D eigenvalue weighted by Crippen LogP contribution is -2.23. The van der Waals surface area contributed by atoms with Crippen LogP contribution in [0.2, 0.25) is 0 Å². The van der Waals surface area contributed by atoms with Crippen LogP contribution in [0.3, 0.4) is 0 Å². The SMILES string of the molecule is CCOC(=O)Oc1c(C(=O)OCC)cc(C(C)(C)C)cc1C(C)(C)C. The van der Waals surface area contributed by atoms with Gasteiger partial charge in [-0.3, -0.25) is 0 Å². The molecular weight excluding hydrogens is 320 g/mol. The van der Waals surface area contributed by atoms with Crippen molar-refractivity contribution < 1.29 is 23.8 Å². The van der Waals surface area contributed by atoms with E-state index in [4.69, 9.17) is 14.2 Å². The number of ether oxygens (including phenoxy) is 3. The van der Waals surface area contributed by atoms with Crippen molar-refractivity contribution in [3.05, 3.63) is 28.8 Å². The Morgan fingerprint density at radius 1 is 0.880 bits per heavy atom. The van der Waals surface area contributed by atoms with Gasteiger partial charge in [-0.1, -0.05) is 47.6 Å². The zero-order valence-corrected chi connectivity index (χ0v) is 16.6. The Hall–Kier alpha value is -2.04. The Balaban J connectivity index is 3.67. The maximum atomic E-state index is 12.5. The maximum Gasteiger partial charge on any atom is 0.513 e. The molecule has 140 valence electrons. The normalized spacial score (nSPS) is 11.8. The number of rotatable bonds is 4. The molecule has 0 aliphatic carbocycles. The fourth-order valence-corrected chi connectivity index (χ4v) is 2.32. The Kier molecular flexibility index (Phi) is 6.63. The van der Waals surface area contributed by atoms with Gasteiger partial charge in [-0.15, -0.1) is 0 Å². The summed E-state index contributed by atoms with van der Waals surface area (Å²) >= 11 is 0. The molecule has 0 heterocycles. The highest BCUT2D eigenvalue weighted by atomic mass is 16.7. The molecule has 0 aliphatic rings. The minimum atomic E-state index is -0.831. The molecule has 1 rings (SSSR count). The van der Waals surface area contributed by atoms with Crippen molar-refractivity contribution in [1.82, 2.24) is 0 Å². The summed E-state index contributed by atoms with van der Waals surface area (Å²) in [6.07, 6.45) is -0.831. The molecule has 0 unspecified atom stereocenters. The third kappa shape index (κ3) is 5.48. The van der Waals surface area contributed by atoms with E-state index in [-0.39, 0.29) is 35.4 Å². The molecule has 0 N–H and O–H groups in total. The second-order valence-corrected chi connectivity index (χ2v) is 7.91. The van der Waals surface area contributed by atoms with E-state index in [9.17, 15) is 9.59 Å². The predicted octanol–water partition coefficient (Wildman–Crippen LogP) is 4.99. The second kappa shape index (κ2) is 7.89. The number of carbonyl (C=O) groups excluding carboxylic acids is 2. The average molecular weight is 350 g/mol. The van der Waals surface area contributed by atoms with Crippen LogP contribution in [0.4, 0.5) is 4.79 Å². The molecule has 1 aromatic carbocycles. The van der Waals surface area contributed by atoms with Crippen molar-refractivity contribution in [3.63, 3.8) is 0 Å². The van der Waals surface area contributed by atoms with Crippen LogP contribution < -0.4 is 4.74 Å². The van der Waals surface area contributed by atoms with Crippen molar-refractivity contribution in [3.8, 4) is 5.75 Å². The van der Waals surface area contributed by atoms with Crippen LogP contribution in [0, 0.1) is 0 Å². The standard InChI is InChI=1S/C20H30O5/c1-9-23-17(21)14-11-13(19(3,4)5)12-15(20(6,7)8)16(14)25-18(22)24-10-2/h11-12H,9-10H2,1-8H3. The first-order valence-electron chi connectivity index (χ1n) is 8.62. The van der Waals surface area contributed by atoms with Gasteiger partial charge in [0.1, 0.15) is 5.56 Å². The summed E-state index contributed by atoms with van der Waals surface area (Å²) < 4.78 is 15.5. The van der Waals surface area contributed by atoms with Crippen molar-refractivity contribution in [2.24, 2.45) is 0 Å². The smallest absolute Gasteiger partial charge is 0.462 e. The molecule has 0 aromatic heterocycles. The molecule has 0 amide bonds. The first kappa shape index (κ1) is 21.0. The molecule has 5 heteroatoms. The van der Waals surface area contributed by atoms with Crippen LogP contribution in [0.15, 0.2) is 12.1 Å². The molecule has 0 radical (unpaired) electrons. The van der Waals surface area contributed by atoms with Crippen molar-refractivity contribution in [2.45, 2.75) is 66.2 Å². The van der Waals surface area contributed by atoms with E-state index in [0.717, 1.165) is 11.1 Å². The molecule has 0 saturated heterocycles. The van der Waals surface area contributed by atoms with E-state index in [1.165, 1.54) is 0 Å². The summed E-state index contributed by atoms with van der Waals surface area (Å²) in [5.41, 5.74) is 1.45. The Bertz CT molecular complexity index is 633. The zero-order chi connectivity index (χ0) is 19.4. The highest BCUT2D eigenvalue weighted by Crippen LogP contribution is 2.39. The van der Waals surface area contributed by atoms with E-state index in [0.29, 0.717) is 0 Å². The summed E-state index contributed by atoms with van der Waals surface area (Å²) in [6, 6.07) is 3.72. The van der Waals surface area contributed by atoms with Crippen LogP contribution >= 0.6 is 0 Å². The third-order valence-electron chi connectivity index (χ3n) is 3.71. The van der Waals surface area contributed by atoms with E-state index >= 15 is 0 Å². The number of carbonyl (C=O) groups is 2. The van der Waals surface area contributed by atoms with Crippen LogP contribution in [0.5, 0.6) is 5.75 Å². The molecular formula is C20H30O5. The van der Waals surface area contributed by atoms with Crippen LogP contribution in [0.1, 0.15) is 76.9 Å². The Morgan fingerprint density at radius 3 is 1.88 bits per heavy atom. The molecule has 0 spiro atoms. The van der Waals surface area contributed by atoms with Gasteiger partial charge in [-0.2, -0.15) is 0 Å². The quantitative estimate of drug-likeness (QED) is 0.565. The minimum Gasteiger partial charge on any atom is -0.462 e. The molecule has 5 nitrogen and oxygen atoms in total. The lowest BCUT2D eigenvalue weighted by Gasteiger charge is -2.28. The van der Waals surface area contributed by atoms with Gasteiger partial charge in [-0.25, -0.2) is 9.59 Å². The molecule has 25 heavy (non-hydrogen) atoms. The number of hydrogen-bond donors (Lipinski definition) is 0. The van der Waals surface area contributed by atoms with Crippen molar-refractivity contribution >= 4 is 12.1 Å². The molecule has 0 bridgehead atoms. The average Bonchev–Trinajstić information content (AvgIpc) is 2.45. The van der Waals surface area contributed by atoms with Gasteiger partial charge in [0, 0.05) is 5.56 Å². The molecule has 1 aromatic rings. The van der Waals surface area contributed by atoms with Crippen LogP contribution in [-0.2, 0) is 20.3 Å². The molecule has 0 fully saturated rings. The number of hydrogen-bond acceptors (Lipinski definition) is 5. The summed E-state index contributed by atoms with van der Waals surface area (Å²) in [5, 5.41) is 0. The van der Waals surface area contributed by atoms with Crippen LogP contribution in [0.25, 0.3) is 0 Å². The lowest BCUT2D eigenvalue weighted by atomic mass is 9.79.